The smallest absolute Gasteiger partial charge is 0.218 e. The summed E-state index contributed by atoms with van der Waals surface area (Å²) in [5.41, 5.74) is 1.46. The van der Waals surface area contributed by atoms with Crippen LogP contribution in [0.1, 0.15) is 23.3 Å². The molecular formula is C17H20BrNO4S. The van der Waals surface area contributed by atoms with Crippen molar-refractivity contribution in [2.24, 2.45) is 0 Å². The first-order valence-corrected chi connectivity index (χ1v) is 9.66. The van der Waals surface area contributed by atoms with Gasteiger partial charge in [-0.2, -0.15) is 0 Å². The molecule has 24 heavy (non-hydrogen) atoms. The second-order valence-electron chi connectivity index (χ2n) is 5.24. The number of ether oxygens (including phenoxy) is 2. The highest BCUT2D eigenvalue weighted by Crippen LogP contribution is 2.27. The van der Waals surface area contributed by atoms with E-state index in [0.717, 1.165) is 15.6 Å². The van der Waals surface area contributed by atoms with Gasteiger partial charge in [0.05, 0.1) is 19.5 Å². The molecule has 1 atom stereocenters. The Labute approximate surface area is 151 Å². The van der Waals surface area contributed by atoms with E-state index < -0.39 is 15.3 Å². The first-order chi connectivity index (χ1) is 11.4. The molecule has 5 nitrogen and oxygen atoms in total. The topological polar surface area (TPSA) is 64.6 Å². The predicted molar refractivity (Wildman–Crippen MR) is 97.9 cm³/mol. The van der Waals surface area contributed by atoms with Crippen LogP contribution < -0.4 is 14.2 Å². The zero-order chi connectivity index (χ0) is 17.7. The minimum absolute atomic E-state index is 0.147. The third kappa shape index (κ3) is 4.49. The lowest BCUT2D eigenvalue weighted by Gasteiger charge is -2.16. The molecule has 0 aromatic heterocycles. The maximum absolute atomic E-state index is 12.5. The van der Waals surface area contributed by atoms with Gasteiger partial charge in [0.25, 0.3) is 0 Å². The Morgan fingerprint density at radius 1 is 1.12 bits per heavy atom. The van der Waals surface area contributed by atoms with E-state index in [1.54, 1.807) is 44.4 Å². The number of halogens is 1. The van der Waals surface area contributed by atoms with Gasteiger partial charge in [-0.3, -0.25) is 0 Å². The molecule has 1 N–H and O–H groups in total. The molecule has 0 fully saturated rings. The fourth-order valence-corrected chi connectivity index (χ4v) is 3.77. The summed E-state index contributed by atoms with van der Waals surface area (Å²) >= 11 is 3.36. The molecule has 0 amide bonds. The molecule has 7 heteroatoms. The van der Waals surface area contributed by atoms with E-state index in [-0.39, 0.29) is 6.54 Å². The van der Waals surface area contributed by atoms with E-state index in [4.69, 9.17) is 9.47 Å². The van der Waals surface area contributed by atoms with Crippen molar-refractivity contribution in [3.8, 4) is 11.5 Å². The number of hydrogen-bond donors (Lipinski definition) is 1. The van der Waals surface area contributed by atoms with Crippen molar-refractivity contribution in [1.29, 1.82) is 0 Å². The van der Waals surface area contributed by atoms with Crippen molar-refractivity contribution in [3.63, 3.8) is 0 Å². The molecule has 0 aliphatic carbocycles. The normalized spacial score (nSPS) is 12.7. The third-order valence-corrected chi connectivity index (χ3v) is 5.98. The van der Waals surface area contributed by atoms with Crippen LogP contribution in [0.4, 0.5) is 0 Å². The van der Waals surface area contributed by atoms with Gasteiger partial charge in [-0.25, -0.2) is 13.1 Å². The molecule has 0 aliphatic rings. The Bertz CT molecular complexity index is 808. The van der Waals surface area contributed by atoms with Crippen molar-refractivity contribution in [3.05, 3.63) is 58.1 Å². The van der Waals surface area contributed by atoms with Gasteiger partial charge < -0.3 is 9.47 Å². The van der Waals surface area contributed by atoms with E-state index in [9.17, 15) is 8.42 Å². The van der Waals surface area contributed by atoms with Gasteiger partial charge in [-0.1, -0.05) is 34.1 Å². The Morgan fingerprint density at radius 2 is 1.88 bits per heavy atom. The number of sulfonamides is 1. The lowest BCUT2D eigenvalue weighted by atomic mass is 10.2. The van der Waals surface area contributed by atoms with Gasteiger partial charge in [0.15, 0.2) is 0 Å². The molecular weight excluding hydrogens is 394 g/mol. The summed E-state index contributed by atoms with van der Waals surface area (Å²) in [5, 5.41) is -0.667. The minimum atomic E-state index is -3.53. The average Bonchev–Trinajstić information content (AvgIpc) is 2.59. The van der Waals surface area contributed by atoms with Crippen LogP contribution in [0, 0.1) is 0 Å². The average molecular weight is 414 g/mol. The van der Waals surface area contributed by atoms with E-state index in [1.165, 1.54) is 7.11 Å². The molecule has 0 aliphatic heterocycles. The summed E-state index contributed by atoms with van der Waals surface area (Å²) in [6, 6.07) is 12.5. The highest BCUT2D eigenvalue weighted by molar-refractivity contribution is 9.10. The van der Waals surface area contributed by atoms with Crippen LogP contribution in [0.15, 0.2) is 46.9 Å². The minimum Gasteiger partial charge on any atom is -0.497 e. The van der Waals surface area contributed by atoms with Crippen LogP contribution >= 0.6 is 15.9 Å². The van der Waals surface area contributed by atoms with Gasteiger partial charge in [0.1, 0.15) is 11.5 Å². The van der Waals surface area contributed by atoms with Crippen molar-refractivity contribution in [2.45, 2.75) is 18.7 Å². The number of rotatable bonds is 7. The fraction of sp³-hybridized carbons (Fsp3) is 0.294. The summed E-state index contributed by atoms with van der Waals surface area (Å²) < 4.78 is 39.0. The first-order valence-electron chi connectivity index (χ1n) is 7.32. The molecule has 0 spiro atoms. The van der Waals surface area contributed by atoms with Crippen molar-refractivity contribution in [1.82, 2.24) is 4.72 Å². The maximum Gasteiger partial charge on any atom is 0.218 e. The second kappa shape index (κ2) is 8.00. The molecule has 0 saturated heterocycles. The summed E-state index contributed by atoms with van der Waals surface area (Å²) in [4.78, 5) is 0. The largest absolute Gasteiger partial charge is 0.497 e. The summed E-state index contributed by atoms with van der Waals surface area (Å²) in [5.74, 6) is 1.23. The Morgan fingerprint density at radius 3 is 2.50 bits per heavy atom. The summed E-state index contributed by atoms with van der Waals surface area (Å²) in [6.45, 7) is 1.81. The highest BCUT2D eigenvalue weighted by Gasteiger charge is 2.22. The van der Waals surface area contributed by atoms with Crippen LogP contribution in [-0.4, -0.2) is 22.6 Å². The predicted octanol–water partition coefficient (Wildman–Crippen LogP) is 3.65. The molecule has 0 heterocycles. The standard InChI is InChI=1S/C17H20BrNO4S/c1-12(13-5-4-6-15(18)9-13)24(20,21)19-11-14-7-8-16(22-2)10-17(14)23-3/h4-10,12,19H,11H2,1-3H3/t12-/m0/s1. The Kier molecular flexibility index (Phi) is 6.26. The van der Waals surface area contributed by atoms with Crippen LogP contribution in [0.2, 0.25) is 0 Å². The maximum atomic E-state index is 12.5. The molecule has 0 unspecified atom stereocenters. The SMILES string of the molecule is COc1ccc(CNS(=O)(=O)[C@@H](C)c2cccc(Br)c2)c(OC)c1. The Balaban J connectivity index is 2.15. The molecule has 0 bridgehead atoms. The number of benzene rings is 2. The number of methoxy groups -OCH3 is 2. The molecule has 130 valence electrons. The van der Waals surface area contributed by atoms with Gasteiger partial charge in [0, 0.05) is 22.6 Å². The summed E-state index contributed by atoms with van der Waals surface area (Å²) in [7, 11) is -0.422. The number of hydrogen-bond acceptors (Lipinski definition) is 4. The zero-order valence-electron chi connectivity index (χ0n) is 13.7. The lowest BCUT2D eigenvalue weighted by molar-refractivity contribution is 0.390. The summed E-state index contributed by atoms with van der Waals surface area (Å²) in [6.07, 6.45) is 0. The van der Waals surface area contributed by atoms with Crippen molar-refractivity contribution in [2.75, 3.05) is 14.2 Å². The van der Waals surface area contributed by atoms with E-state index >= 15 is 0 Å². The van der Waals surface area contributed by atoms with Crippen LogP contribution in [0.25, 0.3) is 0 Å². The van der Waals surface area contributed by atoms with Gasteiger partial charge in [-0.15, -0.1) is 0 Å². The number of nitrogens with one attached hydrogen (secondary N) is 1. The lowest BCUT2D eigenvalue weighted by Crippen LogP contribution is -2.27. The van der Waals surface area contributed by atoms with Crippen LogP contribution in [0.3, 0.4) is 0 Å². The molecule has 2 aromatic carbocycles. The quantitative estimate of drug-likeness (QED) is 0.752. The van der Waals surface area contributed by atoms with Crippen molar-refractivity contribution >= 4 is 26.0 Å². The first kappa shape index (κ1) is 18.8. The van der Waals surface area contributed by atoms with Gasteiger partial charge >= 0.3 is 0 Å². The fourth-order valence-electron chi connectivity index (χ4n) is 2.24. The molecule has 0 saturated carbocycles. The van der Waals surface area contributed by atoms with Crippen molar-refractivity contribution < 1.29 is 17.9 Å². The van der Waals surface area contributed by atoms with Gasteiger partial charge in [0.2, 0.25) is 10.0 Å². The second-order valence-corrected chi connectivity index (χ2v) is 8.24. The third-order valence-electron chi connectivity index (χ3n) is 3.74. The molecule has 0 radical (unpaired) electrons. The van der Waals surface area contributed by atoms with Crippen LogP contribution in [0.5, 0.6) is 11.5 Å². The molecule has 2 aromatic rings. The molecule has 2 rings (SSSR count). The highest BCUT2D eigenvalue weighted by atomic mass is 79.9. The van der Waals surface area contributed by atoms with Gasteiger partial charge in [-0.05, 0) is 30.7 Å². The Hall–Kier alpha value is -1.57. The van der Waals surface area contributed by atoms with E-state index in [2.05, 4.69) is 20.7 Å². The zero-order valence-corrected chi connectivity index (χ0v) is 16.1. The van der Waals surface area contributed by atoms with Crippen LogP contribution in [-0.2, 0) is 16.6 Å². The van der Waals surface area contributed by atoms with E-state index in [0.29, 0.717) is 11.5 Å². The monoisotopic (exact) mass is 413 g/mol. The van der Waals surface area contributed by atoms with E-state index in [1.807, 2.05) is 12.1 Å².